The lowest BCUT2D eigenvalue weighted by Gasteiger charge is -2.17. The van der Waals surface area contributed by atoms with Crippen molar-refractivity contribution in [1.82, 2.24) is 5.32 Å². The van der Waals surface area contributed by atoms with Gasteiger partial charge in [-0.05, 0) is 45.2 Å². The molecule has 150 valence electrons. The molecule has 0 saturated heterocycles. The predicted molar refractivity (Wildman–Crippen MR) is 105 cm³/mol. The van der Waals surface area contributed by atoms with Gasteiger partial charge in [0.2, 0.25) is 0 Å². The third-order valence-corrected chi connectivity index (χ3v) is 4.84. The van der Waals surface area contributed by atoms with Crippen LogP contribution in [0.15, 0.2) is 0 Å². The third kappa shape index (κ3) is 15.3. The Labute approximate surface area is 155 Å². The lowest BCUT2D eigenvalue weighted by molar-refractivity contribution is -0.150. The van der Waals surface area contributed by atoms with Crippen LogP contribution in [0.5, 0.6) is 0 Å². The van der Waals surface area contributed by atoms with Gasteiger partial charge in [0.25, 0.3) is 0 Å². The maximum Gasteiger partial charge on any atom is 0.340 e. The molecule has 0 radical (unpaired) electrons. The van der Waals surface area contributed by atoms with Crippen molar-refractivity contribution in [2.24, 2.45) is 5.92 Å². The van der Waals surface area contributed by atoms with Gasteiger partial charge in [0.1, 0.15) is 0 Å². The van der Waals surface area contributed by atoms with Crippen molar-refractivity contribution in [3.8, 4) is 0 Å². The van der Waals surface area contributed by atoms with E-state index in [9.17, 15) is 9.18 Å². The van der Waals surface area contributed by atoms with Gasteiger partial charge in [-0.15, -0.1) is 0 Å². The molecule has 0 aromatic heterocycles. The van der Waals surface area contributed by atoms with E-state index in [2.05, 4.69) is 19.2 Å². The molecular weight excluding hydrogens is 317 g/mol. The highest BCUT2D eigenvalue weighted by Crippen LogP contribution is 2.21. The number of unbranched alkanes of at least 4 members (excludes halogenated alkanes) is 6. The van der Waals surface area contributed by atoms with Crippen LogP contribution in [0.3, 0.4) is 0 Å². The minimum atomic E-state index is -1.45. The molecule has 1 atom stereocenters. The van der Waals surface area contributed by atoms with E-state index in [1.807, 2.05) is 7.05 Å². The zero-order valence-electron chi connectivity index (χ0n) is 17.0. The number of carbonyl (C=O) groups excluding carboxylic acids is 1. The van der Waals surface area contributed by atoms with Crippen LogP contribution < -0.4 is 5.32 Å². The Morgan fingerprint density at radius 2 is 1.48 bits per heavy atom. The lowest BCUT2D eigenvalue weighted by atomic mass is 9.92. The molecule has 0 aromatic carbocycles. The number of rotatable bonds is 18. The smallest absolute Gasteiger partial charge is 0.340 e. The predicted octanol–water partition coefficient (Wildman–Crippen LogP) is 5.81. The monoisotopic (exact) mass is 359 g/mol. The molecule has 25 heavy (non-hydrogen) atoms. The maximum absolute atomic E-state index is 13.8. The summed E-state index contributed by atoms with van der Waals surface area (Å²) in [6, 6.07) is 0. The maximum atomic E-state index is 13.8. The Morgan fingerprint density at radius 1 is 0.880 bits per heavy atom. The number of halogens is 1. The van der Waals surface area contributed by atoms with E-state index >= 15 is 0 Å². The zero-order chi connectivity index (χ0) is 18.8. The highest BCUT2D eigenvalue weighted by molar-refractivity contribution is 5.74. The summed E-state index contributed by atoms with van der Waals surface area (Å²) in [7, 11) is 1.91. The third-order valence-electron chi connectivity index (χ3n) is 4.84. The van der Waals surface area contributed by atoms with Crippen molar-refractivity contribution in [1.29, 1.82) is 0 Å². The second kappa shape index (κ2) is 18.2. The fourth-order valence-corrected chi connectivity index (χ4v) is 3.14. The standard InChI is InChI=1S/C21H42FNO2/c1-4-6-9-13-19(14-10-7-5-2)16-18-25-21(24)20(22)15-11-8-12-17-23-3/h19-20,23H,4-18H2,1-3H3. The van der Waals surface area contributed by atoms with Gasteiger partial charge < -0.3 is 10.1 Å². The average Bonchev–Trinajstić information content (AvgIpc) is 2.61. The van der Waals surface area contributed by atoms with Crippen molar-refractivity contribution in [3.63, 3.8) is 0 Å². The Balaban J connectivity index is 3.91. The Bertz CT molecular complexity index is 290. The molecule has 0 aliphatic heterocycles. The summed E-state index contributed by atoms with van der Waals surface area (Å²) in [5, 5.41) is 3.07. The highest BCUT2D eigenvalue weighted by Gasteiger charge is 2.19. The van der Waals surface area contributed by atoms with E-state index < -0.39 is 12.1 Å². The molecule has 1 N–H and O–H groups in total. The molecule has 0 rings (SSSR count). The van der Waals surface area contributed by atoms with Crippen molar-refractivity contribution < 1.29 is 13.9 Å². The minimum absolute atomic E-state index is 0.291. The van der Waals surface area contributed by atoms with Gasteiger partial charge >= 0.3 is 5.97 Å². The number of alkyl halides is 1. The summed E-state index contributed by atoms with van der Waals surface area (Å²) in [5.74, 6) is -0.0417. The molecule has 4 heteroatoms. The SMILES string of the molecule is CCCCCC(CCCCC)CCOC(=O)C(F)CCCCCNC. The molecule has 0 aliphatic rings. The molecule has 0 amide bonds. The van der Waals surface area contributed by atoms with Crippen LogP contribution in [0, 0.1) is 5.92 Å². The molecule has 0 heterocycles. The number of nitrogens with one attached hydrogen (secondary N) is 1. The Kier molecular flexibility index (Phi) is 17.7. The van der Waals surface area contributed by atoms with E-state index in [-0.39, 0.29) is 0 Å². The van der Waals surface area contributed by atoms with Gasteiger partial charge in [-0.3, -0.25) is 0 Å². The van der Waals surface area contributed by atoms with Crippen molar-refractivity contribution >= 4 is 5.97 Å². The van der Waals surface area contributed by atoms with Gasteiger partial charge in [-0.2, -0.15) is 0 Å². The number of hydrogen-bond acceptors (Lipinski definition) is 3. The summed E-state index contributed by atoms with van der Waals surface area (Å²) < 4.78 is 19.0. The topological polar surface area (TPSA) is 38.3 Å². The molecule has 0 aromatic rings. The van der Waals surface area contributed by atoms with Crippen LogP contribution in [-0.4, -0.2) is 32.3 Å². The van der Waals surface area contributed by atoms with Gasteiger partial charge in [0.15, 0.2) is 6.17 Å². The normalized spacial score (nSPS) is 12.5. The molecule has 0 bridgehead atoms. The van der Waals surface area contributed by atoms with Gasteiger partial charge in [0, 0.05) is 0 Å². The summed E-state index contributed by atoms with van der Waals surface area (Å²) in [4.78, 5) is 11.8. The van der Waals surface area contributed by atoms with Crippen LogP contribution in [0.2, 0.25) is 0 Å². The molecule has 3 nitrogen and oxygen atoms in total. The summed E-state index contributed by atoms with van der Waals surface area (Å²) in [6.07, 6.45) is 12.4. The van der Waals surface area contributed by atoms with E-state index in [1.54, 1.807) is 0 Å². The second-order valence-electron chi connectivity index (χ2n) is 7.23. The Morgan fingerprint density at radius 3 is 2.04 bits per heavy atom. The summed E-state index contributed by atoms with van der Waals surface area (Å²) >= 11 is 0. The second-order valence-corrected chi connectivity index (χ2v) is 7.23. The zero-order valence-corrected chi connectivity index (χ0v) is 17.0. The van der Waals surface area contributed by atoms with E-state index in [4.69, 9.17) is 4.74 Å². The van der Waals surface area contributed by atoms with Gasteiger partial charge in [0.05, 0.1) is 6.61 Å². The molecule has 0 saturated carbocycles. The van der Waals surface area contributed by atoms with Crippen LogP contribution in [0.4, 0.5) is 4.39 Å². The van der Waals surface area contributed by atoms with Crippen molar-refractivity contribution in [3.05, 3.63) is 0 Å². The summed E-state index contributed by atoms with van der Waals surface area (Å²) in [5.41, 5.74) is 0. The van der Waals surface area contributed by atoms with Gasteiger partial charge in [-0.25, -0.2) is 9.18 Å². The fraction of sp³-hybridized carbons (Fsp3) is 0.952. The minimum Gasteiger partial charge on any atom is -0.464 e. The van der Waals surface area contributed by atoms with Crippen LogP contribution >= 0.6 is 0 Å². The first-order chi connectivity index (χ1) is 12.2. The molecule has 0 fully saturated rings. The first-order valence-electron chi connectivity index (χ1n) is 10.6. The van der Waals surface area contributed by atoms with E-state index in [0.29, 0.717) is 18.9 Å². The summed E-state index contributed by atoms with van der Waals surface area (Å²) in [6.45, 7) is 5.75. The molecule has 1 unspecified atom stereocenters. The lowest BCUT2D eigenvalue weighted by Crippen LogP contribution is -2.20. The number of carbonyl (C=O) groups is 1. The largest absolute Gasteiger partial charge is 0.464 e. The van der Waals surface area contributed by atoms with E-state index in [1.165, 1.54) is 51.4 Å². The quantitative estimate of drug-likeness (QED) is 0.248. The first-order valence-corrected chi connectivity index (χ1v) is 10.6. The first kappa shape index (κ1) is 24.4. The number of ether oxygens (including phenoxy) is 1. The Hall–Kier alpha value is -0.640. The van der Waals surface area contributed by atoms with Crippen molar-refractivity contribution in [2.45, 2.75) is 103 Å². The van der Waals surface area contributed by atoms with E-state index in [0.717, 1.165) is 32.2 Å². The van der Waals surface area contributed by atoms with Crippen LogP contribution in [0.1, 0.15) is 97.3 Å². The molecule has 0 aliphatic carbocycles. The number of hydrogen-bond donors (Lipinski definition) is 1. The van der Waals surface area contributed by atoms with Crippen LogP contribution in [0.25, 0.3) is 0 Å². The average molecular weight is 360 g/mol. The molecular formula is C21H42FNO2. The van der Waals surface area contributed by atoms with Crippen molar-refractivity contribution in [2.75, 3.05) is 20.2 Å². The van der Waals surface area contributed by atoms with Crippen LogP contribution in [-0.2, 0) is 9.53 Å². The number of esters is 1. The molecule has 0 spiro atoms. The highest BCUT2D eigenvalue weighted by atomic mass is 19.1. The fourth-order valence-electron chi connectivity index (χ4n) is 3.14. The van der Waals surface area contributed by atoms with Gasteiger partial charge in [-0.1, -0.05) is 71.6 Å².